The Balaban J connectivity index is 1.48. The van der Waals surface area contributed by atoms with Gasteiger partial charge in [0.1, 0.15) is 0 Å². The molecule has 0 aromatic carbocycles. The van der Waals surface area contributed by atoms with Crippen LogP contribution < -0.4 is 5.32 Å². The minimum atomic E-state index is -0.0941. The Morgan fingerprint density at radius 1 is 0.968 bits per heavy atom. The lowest BCUT2D eigenvalue weighted by Gasteiger charge is -2.63. The lowest BCUT2D eigenvalue weighted by molar-refractivity contribution is -0.162. The van der Waals surface area contributed by atoms with Gasteiger partial charge < -0.3 is 15.2 Å². The van der Waals surface area contributed by atoms with Crippen molar-refractivity contribution in [1.82, 2.24) is 5.32 Å². The molecule has 0 saturated heterocycles. The van der Waals surface area contributed by atoms with Gasteiger partial charge >= 0.3 is 5.97 Å². The highest BCUT2D eigenvalue weighted by atomic mass is 16.5. The lowest BCUT2D eigenvalue weighted by Crippen LogP contribution is -2.63. The van der Waals surface area contributed by atoms with Gasteiger partial charge in [-0.15, -0.1) is 0 Å². The van der Waals surface area contributed by atoms with E-state index in [2.05, 4.69) is 19.2 Å². The van der Waals surface area contributed by atoms with Crippen LogP contribution in [-0.2, 0) is 9.53 Å². The monoisotopic (exact) mass is 431 g/mol. The van der Waals surface area contributed by atoms with Crippen LogP contribution in [0.25, 0.3) is 0 Å². The number of fused-ring (bicyclic) bond motifs is 5. The van der Waals surface area contributed by atoms with Crippen molar-refractivity contribution in [3.63, 3.8) is 0 Å². The summed E-state index contributed by atoms with van der Waals surface area (Å²) in [6.07, 6.45) is 15.7. The molecule has 0 amide bonds. The first-order valence-corrected chi connectivity index (χ1v) is 13.4. The molecular formula is C27H45NO3. The summed E-state index contributed by atoms with van der Waals surface area (Å²) in [5.41, 5.74) is 0.400. The maximum atomic E-state index is 12.8. The van der Waals surface area contributed by atoms with Gasteiger partial charge in [0.2, 0.25) is 0 Å². The molecule has 5 aliphatic rings. The van der Waals surface area contributed by atoms with Gasteiger partial charge in [-0.2, -0.15) is 0 Å². The molecule has 5 saturated carbocycles. The Hall–Kier alpha value is -0.610. The van der Waals surface area contributed by atoms with E-state index >= 15 is 0 Å². The van der Waals surface area contributed by atoms with Crippen LogP contribution in [0.3, 0.4) is 0 Å². The lowest BCUT2D eigenvalue weighted by atomic mass is 9.43. The first-order valence-electron chi connectivity index (χ1n) is 13.4. The molecule has 4 nitrogen and oxygen atoms in total. The van der Waals surface area contributed by atoms with Crippen LogP contribution in [0.1, 0.15) is 97.3 Å². The van der Waals surface area contributed by atoms with Crippen LogP contribution in [0.2, 0.25) is 0 Å². The Morgan fingerprint density at radius 3 is 2.48 bits per heavy atom. The van der Waals surface area contributed by atoms with E-state index < -0.39 is 0 Å². The van der Waals surface area contributed by atoms with E-state index in [1.165, 1.54) is 57.8 Å². The van der Waals surface area contributed by atoms with Crippen LogP contribution in [0.5, 0.6) is 0 Å². The fourth-order valence-corrected chi connectivity index (χ4v) is 9.68. The van der Waals surface area contributed by atoms with Gasteiger partial charge in [0, 0.05) is 12.1 Å². The molecule has 0 aliphatic heterocycles. The van der Waals surface area contributed by atoms with E-state index in [9.17, 15) is 9.90 Å². The van der Waals surface area contributed by atoms with E-state index in [4.69, 9.17) is 4.74 Å². The number of aliphatic hydroxyl groups is 1. The average molecular weight is 432 g/mol. The highest BCUT2D eigenvalue weighted by molar-refractivity contribution is 5.74. The molecule has 0 aromatic heterocycles. The van der Waals surface area contributed by atoms with Gasteiger partial charge in [-0.3, -0.25) is 4.79 Å². The Morgan fingerprint density at radius 2 is 1.74 bits per heavy atom. The summed E-state index contributed by atoms with van der Waals surface area (Å²) in [6.45, 7) is 5.00. The Labute approximate surface area is 189 Å². The van der Waals surface area contributed by atoms with E-state index in [1.807, 2.05) is 0 Å². The number of aliphatic hydroxyl groups excluding tert-OH is 1. The van der Waals surface area contributed by atoms with Crippen molar-refractivity contribution in [3.05, 3.63) is 0 Å². The number of nitrogens with one attached hydrogen (secondary N) is 1. The van der Waals surface area contributed by atoms with Gasteiger partial charge in [-0.1, -0.05) is 33.1 Å². The van der Waals surface area contributed by atoms with Crippen LogP contribution in [0, 0.1) is 40.4 Å². The number of hydrogen-bond donors (Lipinski definition) is 2. The summed E-state index contributed by atoms with van der Waals surface area (Å²) in [5.74, 6) is 2.81. The fraction of sp³-hybridized carbons (Fsp3) is 0.963. The standard InChI is InChI=1S/C27H45NO3/c1-26-14-13-19(29)15-17(26)9-10-20-21-11-12-22(25(30)31-3)27(21,2)16-23(24(20)26)28-18-7-5-4-6-8-18/h17-24,28-29H,4-16H2,1-3H3/t17-,19-,20+,21+,22-,23-,24-,26+,27+/m1/s1. The highest BCUT2D eigenvalue weighted by Gasteiger charge is 2.64. The maximum Gasteiger partial charge on any atom is 0.309 e. The van der Waals surface area contributed by atoms with Gasteiger partial charge in [0.25, 0.3) is 0 Å². The van der Waals surface area contributed by atoms with Crippen LogP contribution in [0.15, 0.2) is 0 Å². The van der Waals surface area contributed by atoms with Gasteiger partial charge in [-0.25, -0.2) is 0 Å². The molecule has 2 N–H and O–H groups in total. The van der Waals surface area contributed by atoms with E-state index in [0.717, 1.165) is 25.7 Å². The summed E-state index contributed by atoms with van der Waals surface area (Å²) >= 11 is 0. The second-order valence-corrected chi connectivity index (χ2v) is 12.5. The van der Waals surface area contributed by atoms with Gasteiger partial charge in [0.15, 0.2) is 0 Å². The van der Waals surface area contributed by atoms with Crippen molar-refractivity contribution in [2.45, 2.75) is 116 Å². The second-order valence-electron chi connectivity index (χ2n) is 12.5. The highest BCUT2D eigenvalue weighted by Crippen LogP contribution is 2.67. The molecule has 0 unspecified atom stereocenters. The third-order valence-corrected chi connectivity index (χ3v) is 11.1. The van der Waals surface area contributed by atoms with E-state index in [0.29, 0.717) is 41.2 Å². The summed E-state index contributed by atoms with van der Waals surface area (Å²) in [5, 5.41) is 14.7. The maximum absolute atomic E-state index is 12.8. The van der Waals surface area contributed by atoms with Gasteiger partial charge in [-0.05, 0) is 98.7 Å². The molecular weight excluding hydrogens is 386 g/mol. The number of rotatable bonds is 3. The summed E-state index contributed by atoms with van der Waals surface area (Å²) < 4.78 is 5.30. The third kappa shape index (κ3) is 3.59. The average Bonchev–Trinajstić information content (AvgIpc) is 3.11. The van der Waals surface area contributed by atoms with Crippen molar-refractivity contribution in [3.8, 4) is 0 Å². The molecule has 0 heterocycles. The van der Waals surface area contributed by atoms with Crippen molar-refractivity contribution < 1.29 is 14.6 Å². The second kappa shape index (κ2) is 8.31. The SMILES string of the molecule is COC(=O)[C@H]1CC[C@H]2[C@@H]3CC[C@@H]4C[C@H](O)CC[C@]4(C)[C@H]3[C@H](NC3CCCCC3)C[C@]12C. The molecule has 0 aromatic rings. The number of carbonyl (C=O) groups is 1. The number of ether oxygens (including phenoxy) is 1. The van der Waals surface area contributed by atoms with Gasteiger partial charge in [0.05, 0.1) is 19.1 Å². The Kier molecular flexibility index (Phi) is 5.95. The third-order valence-electron chi connectivity index (χ3n) is 11.1. The zero-order chi connectivity index (χ0) is 21.8. The largest absolute Gasteiger partial charge is 0.469 e. The van der Waals surface area contributed by atoms with E-state index in [-0.39, 0.29) is 23.4 Å². The van der Waals surface area contributed by atoms with Crippen LogP contribution >= 0.6 is 0 Å². The molecule has 0 spiro atoms. The number of esters is 1. The minimum Gasteiger partial charge on any atom is -0.469 e. The number of carbonyl (C=O) groups excluding carboxylic acids is 1. The molecule has 176 valence electrons. The molecule has 4 heteroatoms. The van der Waals surface area contributed by atoms with Crippen molar-refractivity contribution in [2.24, 2.45) is 40.4 Å². The van der Waals surface area contributed by atoms with Crippen molar-refractivity contribution in [1.29, 1.82) is 0 Å². The minimum absolute atomic E-state index is 0.0283. The molecule has 5 fully saturated rings. The summed E-state index contributed by atoms with van der Waals surface area (Å²) in [7, 11) is 1.57. The number of methoxy groups -OCH3 is 1. The molecule has 0 bridgehead atoms. The van der Waals surface area contributed by atoms with Crippen LogP contribution in [0.4, 0.5) is 0 Å². The van der Waals surface area contributed by atoms with Crippen molar-refractivity contribution >= 4 is 5.97 Å². The Bertz CT molecular complexity index is 675. The number of hydrogen-bond acceptors (Lipinski definition) is 4. The molecule has 31 heavy (non-hydrogen) atoms. The predicted molar refractivity (Wildman–Crippen MR) is 122 cm³/mol. The van der Waals surface area contributed by atoms with E-state index in [1.54, 1.807) is 7.11 Å². The molecule has 5 rings (SSSR count). The summed E-state index contributed by atoms with van der Waals surface area (Å²) in [4.78, 5) is 12.8. The summed E-state index contributed by atoms with van der Waals surface area (Å²) in [6, 6.07) is 1.15. The normalized spacial score (nSPS) is 50.3. The fourth-order valence-electron chi connectivity index (χ4n) is 9.68. The smallest absolute Gasteiger partial charge is 0.309 e. The molecule has 5 aliphatic carbocycles. The quantitative estimate of drug-likeness (QED) is 0.612. The molecule has 0 radical (unpaired) electrons. The van der Waals surface area contributed by atoms with Crippen molar-refractivity contribution in [2.75, 3.05) is 7.11 Å². The zero-order valence-electron chi connectivity index (χ0n) is 20.1. The molecule has 9 atom stereocenters. The zero-order valence-corrected chi connectivity index (χ0v) is 20.1. The first kappa shape index (κ1) is 22.2. The first-order chi connectivity index (χ1) is 14.9. The predicted octanol–water partition coefficient (Wildman–Crippen LogP) is 5.08. The topological polar surface area (TPSA) is 58.6 Å². The van der Waals surface area contributed by atoms with Crippen LogP contribution in [-0.4, -0.2) is 36.4 Å².